The summed E-state index contributed by atoms with van der Waals surface area (Å²) in [6.07, 6.45) is 0.915. The third-order valence-corrected chi connectivity index (χ3v) is 4.33. The van der Waals surface area contributed by atoms with Gasteiger partial charge in [0.25, 0.3) is 0 Å². The Morgan fingerprint density at radius 1 is 1.25 bits per heavy atom. The van der Waals surface area contributed by atoms with Gasteiger partial charge >= 0.3 is 0 Å². The van der Waals surface area contributed by atoms with Gasteiger partial charge in [-0.3, -0.25) is 0 Å². The smallest absolute Gasteiger partial charge is 0.110 e. The average Bonchev–Trinajstić information content (AvgIpc) is 2.76. The molecule has 1 rings (SSSR count). The normalized spacial score (nSPS) is 14.8. The van der Waals surface area contributed by atoms with Crippen molar-refractivity contribution in [1.29, 1.82) is 0 Å². The third-order valence-electron chi connectivity index (χ3n) is 3.37. The summed E-state index contributed by atoms with van der Waals surface area (Å²) >= 11 is 1.75. The molecule has 0 aliphatic heterocycles. The average molecular weight is 298 g/mol. The van der Waals surface area contributed by atoms with Gasteiger partial charge in [0.1, 0.15) is 5.01 Å². The lowest BCUT2D eigenvalue weighted by molar-refractivity contribution is 0.00613. The van der Waals surface area contributed by atoms with E-state index in [0.29, 0.717) is 6.04 Å². The molecule has 3 nitrogen and oxygen atoms in total. The van der Waals surface area contributed by atoms with Crippen LogP contribution in [0.15, 0.2) is 5.38 Å². The number of ether oxygens (including phenoxy) is 1. The largest absolute Gasteiger partial charge is 0.379 e. The van der Waals surface area contributed by atoms with E-state index < -0.39 is 0 Å². The second-order valence-corrected chi connectivity index (χ2v) is 8.25. The highest BCUT2D eigenvalue weighted by Crippen LogP contribution is 2.31. The second-order valence-electron chi connectivity index (χ2n) is 7.36. The van der Waals surface area contributed by atoms with Crippen LogP contribution in [0.3, 0.4) is 0 Å². The van der Waals surface area contributed by atoms with E-state index in [4.69, 9.17) is 9.72 Å². The number of methoxy groups -OCH3 is 1. The van der Waals surface area contributed by atoms with E-state index in [1.807, 2.05) is 0 Å². The summed E-state index contributed by atoms with van der Waals surface area (Å²) in [5.74, 6) is 0. The highest BCUT2D eigenvalue weighted by molar-refractivity contribution is 7.09. The fourth-order valence-corrected chi connectivity index (χ4v) is 3.09. The minimum Gasteiger partial charge on any atom is -0.379 e. The zero-order valence-corrected chi connectivity index (χ0v) is 15.0. The molecule has 0 aliphatic rings. The Bertz CT molecular complexity index is 418. The first-order valence-corrected chi connectivity index (χ1v) is 8.20. The lowest BCUT2D eigenvalue weighted by Crippen LogP contribution is -2.35. The first-order valence-electron chi connectivity index (χ1n) is 7.32. The summed E-state index contributed by atoms with van der Waals surface area (Å²) in [4.78, 5) is 4.85. The van der Waals surface area contributed by atoms with Crippen LogP contribution in [0.2, 0.25) is 0 Å². The lowest BCUT2D eigenvalue weighted by atomic mass is 9.93. The van der Waals surface area contributed by atoms with Gasteiger partial charge in [-0.15, -0.1) is 11.3 Å². The quantitative estimate of drug-likeness (QED) is 0.850. The fourth-order valence-electron chi connectivity index (χ4n) is 1.99. The lowest BCUT2D eigenvalue weighted by Gasteiger charge is -2.29. The van der Waals surface area contributed by atoms with Crippen LogP contribution in [0.4, 0.5) is 0 Å². The molecule has 0 fully saturated rings. The van der Waals surface area contributed by atoms with Gasteiger partial charge in [-0.2, -0.15) is 0 Å². The SMILES string of the molecule is COC(C)(C)CC(NC(C)C)c1nc(C(C)(C)C)cs1. The Morgan fingerprint density at radius 3 is 2.25 bits per heavy atom. The van der Waals surface area contributed by atoms with Crippen molar-refractivity contribution in [2.24, 2.45) is 0 Å². The predicted octanol–water partition coefficient (Wildman–Crippen LogP) is 4.29. The van der Waals surface area contributed by atoms with Crippen molar-refractivity contribution in [3.05, 3.63) is 16.1 Å². The molecular formula is C16H30N2OS. The molecule has 0 aromatic carbocycles. The van der Waals surface area contributed by atoms with Crippen LogP contribution >= 0.6 is 11.3 Å². The molecule has 0 radical (unpaired) electrons. The minimum absolute atomic E-state index is 0.105. The number of hydrogen-bond donors (Lipinski definition) is 1. The van der Waals surface area contributed by atoms with Crippen molar-refractivity contribution >= 4 is 11.3 Å². The van der Waals surface area contributed by atoms with Crippen LogP contribution in [0.5, 0.6) is 0 Å². The Kier molecular flexibility index (Phi) is 5.76. The van der Waals surface area contributed by atoms with Gasteiger partial charge in [0.15, 0.2) is 0 Å². The molecule has 0 spiro atoms. The summed E-state index contributed by atoms with van der Waals surface area (Å²) in [5, 5.41) is 6.96. The van der Waals surface area contributed by atoms with Crippen LogP contribution in [-0.2, 0) is 10.2 Å². The van der Waals surface area contributed by atoms with E-state index >= 15 is 0 Å². The number of hydrogen-bond acceptors (Lipinski definition) is 4. The molecule has 1 atom stereocenters. The highest BCUT2D eigenvalue weighted by atomic mass is 32.1. The molecule has 1 aromatic heterocycles. The standard InChI is InChI=1S/C16H30N2OS/c1-11(2)17-12(9-16(6,7)19-8)14-18-13(10-20-14)15(3,4)5/h10-12,17H,9H2,1-8H3. The molecule has 1 heterocycles. The number of rotatable bonds is 6. The van der Waals surface area contributed by atoms with Gasteiger partial charge in [-0.25, -0.2) is 4.98 Å². The maximum Gasteiger partial charge on any atom is 0.110 e. The van der Waals surface area contributed by atoms with E-state index in [9.17, 15) is 0 Å². The van der Waals surface area contributed by atoms with Gasteiger partial charge < -0.3 is 10.1 Å². The Balaban J connectivity index is 2.96. The molecule has 20 heavy (non-hydrogen) atoms. The van der Waals surface area contributed by atoms with Crippen LogP contribution < -0.4 is 5.32 Å². The summed E-state index contributed by atoms with van der Waals surface area (Å²) < 4.78 is 5.58. The molecular weight excluding hydrogens is 268 g/mol. The number of nitrogens with one attached hydrogen (secondary N) is 1. The molecule has 0 saturated heterocycles. The van der Waals surface area contributed by atoms with E-state index in [1.54, 1.807) is 18.4 Å². The summed E-state index contributed by atoms with van der Waals surface area (Å²) in [7, 11) is 1.77. The number of nitrogens with zero attached hydrogens (tertiary/aromatic N) is 1. The second kappa shape index (κ2) is 6.54. The zero-order valence-electron chi connectivity index (χ0n) is 14.2. The molecule has 1 aromatic rings. The molecule has 0 saturated carbocycles. The summed E-state index contributed by atoms with van der Waals surface area (Å²) in [6.45, 7) is 15.2. The number of aromatic nitrogens is 1. The van der Waals surface area contributed by atoms with E-state index in [-0.39, 0.29) is 17.1 Å². The van der Waals surface area contributed by atoms with E-state index in [1.165, 1.54) is 5.69 Å². The van der Waals surface area contributed by atoms with Crippen molar-refractivity contribution in [3.63, 3.8) is 0 Å². The maximum atomic E-state index is 5.58. The molecule has 0 aliphatic carbocycles. The third kappa shape index (κ3) is 5.15. The first-order chi connectivity index (χ1) is 9.05. The molecule has 4 heteroatoms. The molecule has 0 amide bonds. The maximum absolute atomic E-state index is 5.58. The Labute approximate surface area is 128 Å². The van der Waals surface area contributed by atoms with Crippen LogP contribution in [0.25, 0.3) is 0 Å². The minimum atomic E-state index is -0.153. The van der Waals surface area contributed by atoms with Crippen molar-refractivity contribution in [1.82, 2.24) is 10.3 Å². The van der Waals surface area contributed by atoms with Crippen molar-refractivity contribution in [2.75, 3.05) is 7.11 Å². The number of thiazole rings is 1. The van der Waals surface area contributed by atoms with Crippen LogP contribution in [0, 0.1) is 0 Å². The topological polar surface area (TPSA) is 34.1 Å². The van der Waals surface area contributed by atoms with Crippen molar-refractivity contribution in [3.8, 4) is 0 Å². The van der Waals surface area contributed by atoms with Gasteiger partial charge in [0.05, 0.1) is 17.3 Å². The van der Waals surface area contributed by atoms with E-state index in [0.717, 1.165) is 11.4 Å². The van der Waals surface area contributed by atoms with Gasteiger partial charge in [0, 0.05) is 23.9 Å². The van der Waals surface area contributed by atoms with Gasteiger partial charge in [-0.1, -0.05) is 34.6 Å². The van der Waals surface area contributed by atoms with Crippen LogP contribution in [0.1, 0.15) is 71.6 Å². The Morgan fingerprint density at radius 2 is 1.85 bits per heavy atom. The molecule has 1 unspecified atom stereocenters. The first kappa shape index (κ1) is 17.6. The van der Waals surface area contributed by atoms with Crippen LogP contribution in [-0.4, -0.2) is 23.7 Å². The van der Waals surface area contributed by atoms with Gasteiger partial charge in [0.2, 0.25) is 0 Å². The highest BCUT2D eigenvalue weighted by Gasteiger charge is 2.27. The molecule has 1 N–H and O–H groups in total. The monoisotopic (exact) mass is 298 g/mol. The van der Waals surface area contributed by atoms with Crippen molar-refractivity contribution < 1.29 is 4.74 Å². The van der Waals surface area contributed by atoms with E-state index in [2.05, 4.69) is 59.2 Å². The predicted molar refractivity (Wildman–Crippen MR) is 87.5 cm³/mol. The summed E-state index contributed by atoms with van der Waals surface area (Å²) in [5.41, 5.74) is 1.12. The molecule has 0 bridgehead atoms. The van der Waals surface area contributed by atoms with Gasteiger partial charge in [-0.05, 0) is 20.3 Å². The van der Waals surface area contributed by atoms with Crippen molar-refractivity contribution in [2.45, 2.75) is 78.0 Å². The Hall–Kier alpha value is -0.450. The zero-order chi connectivity index (χ0) is 15.6. The summed E-state index contributed by atoms with van der Waals surface area (Å²) in [6, 6.07) is 0.667. The fraction of sp³-hybridized carbons (Fsp3) is 0.812. The molecule has 116 valence electrons.